The minimum absolute atomic E-state index is 0. The molecule has 0 atom stereocenters. The predicted molar refractivity (Wildman–Crippen MR) is 88.8 cm³/mol. The fraction of sp³-hybridized carbons (Fsp3) is 0.222. The Morgan fingerprint density at radius 3 is 2.55 bits per heavy atom. The Balaban J connectivity index is 0.00000121. The second-order valence-electron chi connectivity index (χ2n) is 4.58. The molecule has 1 aromatic carbocycles. The van der Waals surface area contributed by atoms with Crippen LogP contribution in [0.15, 0.2) is 61.1 Å². The summed E-state index contributed by atoms with van der Waals surface area (Å²) >= 11 is 0. The van der Waals surface area contributed by atoms with Crippen LogP contribution in [-0.2, 0) is 11.4 Å². The SMILES string of the molecule is C.C.COC(=O)c1ccc2ccn(C[n+]3ccccc3)c2c1. The van der Waals surface area contributed by atoms with E-state index in [0.717, 1.165) is 10.9 Å². The molecule has 0 fully saturated rings. The molecule has 4 heteroatoms. The van der Waals surface area contributed by atoms with E-state index in [2.05, 4.69) is 9.13 Å². The topological polar surface area (TPSA) is 35.1 Å². The van der Waals surface area contributed by atoms with Crippen LogP contribution in [0.5, 0.6) is 0 Å². The van der Waals surface area contributed by atoms with Crippen molar-refractivity contribution in [2.45, 2.75) is 21.5 Å². The van der Waals surface area contributed by atoms with Crippen molar-refractivity contribution in [2.75, 3.05) is 7.11 Å². The van der Waals surface area contributed by atoms with Crippen LogP contribution < -0.4 is 4.57 Å². The summed E-state index contributed by atoms with van der Waals surface area (Å²) in [5.74, 6) is -0.313. The highest BCUT2D eigenvalue weighted by Crippen LogP contribution is 2.17. The van der Waals surface area contributed by atoms with Crippen LogP contribution >= 0.6 is 0 Å². The van der Waals surface area contributed by atoms with Crippen molar-refractivity contribution in [1.82, 2.24) is 4.57 Å². The fourth-order valence-corrected chi connectivity index (χ4v) is 2.26. The van der Waals surface area contributed by atoms with E-state index in [-0.39, 0.29) is 20.8 Å². The summed E-state index contributed by atoms with van der Waals surface area (Å²) in [5, 5.41) is 1.11. The number of esters is 1. The Kier molecular flexibility index (Phi) is 5.87. The van der Waals surface area contributed by atoms with Crippen molar-refractivity contribution in [3.8, 4) is 0 Å². The number of ether oxygens (including phenoxy) is 1. The Labute approximate surface area is 131 Å². The van der Waals surface area contributed by atoms with E-state index in [1.807, 2.05) is 55.0 Å². The average molecular weight is 299 g/mol. The first kappa shape index (κ1) is 17.4. The summed E-state index contributed by atoms with van der Waals surface area (Å²) in [6.45, 7) is 0.703. The lowest BCUT2D eigenvalue weighted by Crippen LogP contribution is -2.35. The fourth-order valence-electron chi connectivity index (χ4n) is 2.26. The molecule has 0 saturated carbocycles. The van der Waals surface area contributed by atoms with E-state index in [0.29, 0.717) is 12.2 Å². The number of hydrogen-bond acceptors (Lipinski definition) is 2. The third-order valence-electron chi connectivity index (χ3n) is 3.29. The second kappa shape index (κ2) is 7.41. The molecular formula is C18H23N2O2+. The summed E-state index contributed by atoms with van der Waals surface area (Å²) in [5.41, 5.74) is 1.59. The molecule has 0 spiro atoms. The number of rotatable bonds is 3. The summed E-state index contributed by atoms with van der Waals surface area (Å²) in [7, 11) is 1.39. The first-order valence-corrected chi connectivity index (χ1v) is 6.39. The monoisotopic (exact) mass is 299 g/mol. The van der Waals surface area contributed by atoms with Gasteiger partial charge in [-0.05, 0) is 23.6 Å². The van der Waals surface area contributed by atoms with Crippen molar-refractivity contribution in [3.05, 3.63) is 66.6 Å². The van der Waals surface area contributed by atoms with Crippen molar-refractivity contribution >= 4 is 16.9 Å². The molecule has 22 heavy (non-hydrogen) atoms. The summed E-state index contributed by atoms with van der Waals surface area (Å²) < 4.78 is 8.94. The molecular weight excluding hydrogens is 276 g/mol. The van der Waals surface area contributed by atoms with E-state index < -0.39 is 0 Å². The molecule has 3 aromatic rings. The average Bonchev–Trinajstić information content (AvgIpc) is 2.90. The first-order chi connectivity index (χ1) is 9.78. The third kappa shape index (κ3) is 3.34. The number of fused-ring (bicyclic) bond motifs is 1. The van der Waals surface area contributed by atoms with E-state index in [4.69, 9.17) is 4.74 Å². The molecule has 0 N–H and O–H groups in total. The smallest absolute Gasteiger partial charge is 0.337 e. The van der Waals surface area contributed by atoms with Gasteiger partial charge in [0.15, 0.2) is 12.4 Å². The van der Waals surface area contributed by atoms with Crippen molar-refractivity contribution in [3.63, 3.8) is 0 Å². The van der Waals surface area contributed by atoms with Gasteiger partial charge in [0, 0.05) is 18.3 Å². The highest BCUT2D eigenvalue weighted by molar-refractivity contribution is 5.94. The van der Waals surface area contributed by atoms with Crippen LogP contribution in [0.25, 0.3) is 10.9 Å². The molecule has 0 amide bonds. The van der Waals surface area contributed by atoms with Gasteiger partial charge in [0.25, 0.3) is 0 Å². The molecule has 0 saturated heterocycles. The summed E-state index contributed by atoms with van der Waals surface area (Å²) in [4.78, 5) is 11.6. The minimum atomic E-state index is -0.313. The highest BCUT2D eigenvalue weighted by atomic mass is 16.5. The van der Waals surface area contributed by atoms with Crippen molar-refractivity contribution in [2.24, 2.45) is 0 Å². The number of methoxy groups -OCH3 is 1. The molecule has 3 rings (SSSR count). The first-order valence-electron chi connectivity index (χ1n) is 6.39. The lowest BCUT2D eigenvalue weighted by Gasteiger charge is -2.03. The van der Waals surface area contributed by atoms with Gasteiger partial charge in [-0.1, -0.05) is 27.0 Å². The molecule has 0 aliphatic heterocycles. The number of carbonyl (C=O) groups is 1. The lowest BCUT2D eigenvalue weighted by atomic mass is 10.1. The molecule has 116 valence electrons. The van der Waals surface area contributed by atoms with Gasteiger partial charge < -0.3 is 4.74 Å². The number of nitrogens with zero attached hydrogens (tertiary/aromatic N) is 2. The van der Waals surface area contributed by atoms with Gasteiger partial charge >= 0.3 is 5.97 Å². The van der Waals surface area contributed by atoms with Crippen molar-refractivity contribution < 1.29 is 14.1 Å². The predicted octanol–water partition coefficient (Wildman–Crippen LogP) is 3.49. The zero-order chi connectivity index (χ0) is 13.9. The van der Waals surface area contributed by atoms with Crippen molar-refractivity contribution in [1.29, 1.82) is 0 Å². The second-order valence-corrected chi connectivity index (χ2v) is 4.58. The van der Waals surface area contributed by atoms with Gasteiger partial charge in [-0.3, -0.25) is 4.57 Å². The van der Waals surface area contributed by atoms with Crippen LogP contribution in [0.2, 0.25) is 0 Å². The molecule has 0 bridgehead atoms. The highest BCUT2D eigenvalue weighted by Gasteiger charge is 2.10. The number of carbonyl (C=O) groups excluding carboxylic acids is 1. The number of pyridine rings is 1. The van der Waals surface area contributed by atoms with E-state index in [1.54, 1.807) is 6.07 Å². The molecule has 0 unspecified atom stereocenters. The van der Waals surface area contributed by atoms with Gasteiger partial charge in [-0.2, -0.15) is 4.57 Å². The third-order valence-corrected chi connectivity index (χ3v) is 3.29. The maximum atomic E-state index is 11.6. The Bertz CT molecular complexity index is 748. The van der Waals surface area contributed by atoms with Crippen LogP contribution in [0.3, 0.4) is 0 Å². The van der Waals surface area contributed by atoms with Crippen LogP contribution in [0, 0.1) is 0 Å². The van der Waals surface area contributed by atoms with Crippen LogP contribution in [-0.4, -0.2) is 17.6 Å². The Hall–Kier alpha value is -2.62. The number of aromatic nitrogens is 2. The van der Waals surface area contributed by atoms with Gasteiger partial charge in [0.1, 0.15) is 0 Å². The Morgan fingerprint density at radius 2 is 1.86 bits per heavy atom. The normalized spacial score (nSPS) is 9.68. The molecule has 0 radical (unpaired) electrons. The van der Waals surface area contributed by atoms with Gasteiger partial charge in [-0.15, -0.1) is 0 Å². The molecule has 0 aliphatic rings. The maximum absolute atomic E-state index is 11.6. The van der Waals surface area contributed by atoms with Gasteiger partial charge in [0.05, 0.1) is 18.2 Å². The summed E-state index contributed by atoms with van der Waals surface area (Å²) in [6, 6.07) is 13.6. The van der Waals surface area contributed by atoms with Crippen LogP contribution in [0.1, 0.15) is 25.2 Å². The number of benzene rings is 1. The maximum Gasteiger partial charge on any atom is 0.337 e. The van der Waals surface area contributed by atoms with Crippen LogP contribution in [0.4, 0.5) is 0 Å². The molecule has 2 heterocycles. The molecule has 0 aliphatic carbocycles. The lowest BCUT2D eigenvalue weighted by molar-refractivity contribution is -0.701. The van der Waals surface area contributed by atoms with E-state index in [1.165, 1.54) is 7.11 Å². The van der Waals surface area contributed by atoms with Gasteiger partial charge in [-0.25, -0.2) is 4.79 Å². The summed E-state index contributed by atoms with van der Waals surface area (Å²) in [6.07, 6.45) is 6.04. The Morgan fingerprint density at radius 1 is 1.14 bits per heavy atom. The van der Waals surface area contributed by atoms with E-state index in [9.17, 15) is 4.79 Å². The van der Waals surface area contributed by atoms with Gasteiger partial charge in [0.2, 0.25) is 6.67 Å². The standard InChI is InChI=1S/C16H15N2O2.2CH4/c1-20-16(19)14-6-5-13-7-10-18(15(13)11-14)12-17-8-3-2-4-9-17;;/h2-11H,12H2,1H3;2*1H4/q+1;;. The molecule has 2 aromatic heterocycles. The quantitative estimate of drug-likeness (QED) is 0.548. The number of hydrogen-bond donors (Lipinski definition) is 0. The zero-order valence-corrected chi connectivity index (χ0v) is 11.2. The van der Waals surface area contributed by atoms with E-state index >= 15 is 0 Å². The molecule has 4 nitrogen and oxygen atoms in total. The zero-order valence-electron chi connectivity index (χ0n) is 11.2. The largest absolute Gasteiger partial charge is 0.465 e. The minimum Gasteiger partial charge on any atom is -0.465 e.